The third-order valence-corrected chi connectivity index (χ3v) is 8.93. The summed E-state index contributed by atoms with van der Waals surface area (Å²) < 4.78 is 0. The highest BCUT2D eigenvalue weighted by atomic mass is 14.4. The summed E-state index contributed by atoms with van der Waals surface area (Å²) in [5, 5.41) is 0. The van der Waals surface area contributed by atoms with Crippen molar-refractivity contribution in [1.82, 2.24) is 0 Å². The van der Waals surface area contributed by atoms with Crippen molar-refractivity contribution >= 4 is 22.3 Å². The van der Waals surface area contributed by atoms with E-state index in [2.05, 4.69) is 130 Å². The van der Waals surface area contributed by atoms with Gasteiger partial charge >= 0.3 is 0 Å². The standard InChI is InChI=1S/C38H28/c1-22-20-21-23(2)34-33(22)35(37-29-16-8-4-12-25(29)26-13-5-9-17-30(26)37)24(3)36(34)38-31-18-10-6-14-27(31)28-15-7-11-19-32(28)38/h4-21,24H,1-3H3. The Hall–Kier alpha value is -4.42. The van der Waals surface area contributed by atoms with Crippen molar-refractivity contribution in [3.63, 3.8) is 0 Å². The Labute approximate surface area is 224 Å². The van der Waals surface area contributed by atoms with E-state index in [0.717, 1.165) is 0 Å². The van der Waals surface area contributed by atoms with Crippen molar-refractivity contribution in [2.75, 3.05) is 0 Å². The van der Waals surface area contributed by atoms with Gasteiger partial charge in [-0.2, -0.15) is 0 Å². The molecule has 0 spiro atoms. The van der Waals surface area contributed by atoms with E-state index in [1.807, 2.05) is 0 Å². The van der Waals surface area contributed by atoms with Crippen molar-refractivity contribution in [2.24, 2.45) is 5.92 Å². The number of fused-ring (bicyclic) bond motifs is 7. The molecule has 0 heterocycles. The number of aryl methyl sites for hydroxylation is 2. The maximum atomic E-state index is 2.44. The molecule has 3 aliphatic rings. The van der Waals surface area contributed by atoms with E-state index < -0.39 is 0 Å². The fourth-order valence-corrected chi connectivity index (χ4v) is 7.38. The minimum atomic E-state index is 0.258. The lowest BCUT2D eigenvalue weighted by molar-refractivity contribution is 1.02. The molecule has 0 aliphatic heterocycles. The largest absolute Gasteiger partial charge is 0.0616 e. The lowest BCUT2D eigenvalue weighted by atomic mass is 9.85. The molecule has 0 N–H and O–H groups in total. The number of hydrogen-bond donors (Lipinski definition) is 0. The van der Waals surface area contributed by atoms with Crippen molar-refractivity contribution in [2.45, 2.75) is 20.8 Å². The van der Waals surface area contributed by atoms with Gasteiger partial charge in [-0.05, 0) is 103 Å². The minimum absolute atomic E-state index is 0.258. The summed E-state index contributed by atoms with van der Waals surface area (Å²) in [4.78, 5) is 0. The van der Waals surface area contributed by atoms with Gasteiger partial charge in [0, 0.05) is 5.92 Å². The van der Waals surface area contributed by atoms with Gasteiger partial charge in [-0.15, -0.1) is 0 Å². The van der Waals surface area contributed by atoms with Crippen LogP contribution >= 0.6 is 0 Å². The minimum Gasteiger partial charge on any atom is -0.0616 e. The summed E-state index contributed by atoms with van der Waals surface area (Å²) in [5.74, 6) is 0.258. The van der Waals surface area contributed by atoms with Gasteiger partial charge in [0.15, 0.2) is 0 Å². The van der Waals surface area contributed by atoms with Crippen molar-refractivity contribution in [3.8, 4) is 22.3 Å². The Bertz CT molecular complexity index is 1660. The zero-order chi connectivity index (χ0) is 25.5. The molecule has 0 aromatic heterocycles. The fourth-order valence-electron chi connectivity index (χ4n) is 7.38. The van der Waals surface area contributed by atoms with Crippen LogP contribution in [0.3, 0.4) is 0 Å². The highest BCUT2D eigenvalue weighted by Gasteiger charge is 2.40. The number of benzene rings is 5. The van der Waals surface area contributed by atoms with Crippen LogP contribution in [0.5, 0.6) is 0 Å². The van der Waals surface area contributed by atoms with Crippen LogP contribution in [0.1, 0.15) is 51.4 Å². The van der Waals surface area contributed by atoms with Crippen LogP contribution in [0.2, 0.25) is 0 Å². The van der Waals surface area contributed by atoms with E-state index in [4.69, 9.17) is 0 Å². The molecule has 0 fully saturated rings. The van der Waals surface area contributed by atoms with Gasteiger partial charge in [0.2, 0.25) is 0 Å². The van der Waals surface area contributed by atoms with E-state index in [1.165, 1.54) is 89.1 Å². The highest BCUT2D eigenvalue weighted by molar-refractivity contribution is 6.21. The SMILES string of the molecule is Cc1ccc(C)c2c1C(=C1c3ccccc3-c3ccccc31)C(C)C2=C1c2ccccc2-c2ccccc21. The maximum Gasteiger partial charge on any atom is 0.00862 e. The summed E-state index contributed by atoms with van der Waals surface area (Å²) in [5.41, 5.74) is 22.2. The molecule has 0 atom stereocenters. The van der Waals surface area contributed by atoms with Gasteiger partial charge in [0.05, 0.1) is 0 Å². The van der Waals surface area contributed by atoms with Crippen LogP contribution in [0.4, 0.5) is 0 Å². The molecule has 0 bridgehead atoms. The lowest BCUT2D eigenvalue weighted by Crippen LogP contribution is -1.99. The van der Waals surface area contributed by atoms with Gasteiger partial charge < -0.3 is 0 Å². The quantitative estimate of drug-likeness (QED) is 0.201. The van der Waals surface area contributed by atoms with Gasteiger partial charge in [-0.25, -0.2) is 0 Å². The second-order valence-electron chi connectivity index (χ2n) is 10.9. The first kappa shape index (κ1) is 21.6. The predicted molar refractivity (Wildman–Crippen MR) is 161 cm³/mol. The van der Waals surface area contributed by atoms with Crippen LogP contribution in [0.25, 0.3) is 44.5 Å². The molecule has 0 radical (unpaired) electrons. The van der Waals surface area contributed by atoms with E-state index in [0.29, 0.717) is 0 Å². The van der Waals surface area contributed by atoms with Gasteiger partial charge in [0.25, 0.3) is 0 Å². The third kappa shape index (κ3) is 2.70. The van der Waals surface area contributed by atoms with E-state index in [-0.39, 0.29) is 5.92 Å². The Morgan fingerprint density at radius 2 is 0.632 bits per heavy atom. The molecule has 3 aliphatic carbocycles. The molecule has 0 saturated carbocycles. The number of rotatable bonds is 0. The normalized spacial score (nSPS) is 14.9. The van der Waals surface area contributed by atoms with Gasteiger partial charge in [0.1, 0.15) is 0 Å². The maximum absolute atomic E-state index is 2.44. The molecule has 8 rings (SSSR count). The van der Waals surface area contributed by atoms with E-state index >= 15 is 0 Å². The predicted octanol–water partition coefficient (Wildman–Crippen LogP) is 9.83. The number of hydrogen-bond acceptors (Lipinski definition) is 0. The van der Waals surface area contributed by atoms with Crippen molar-refractivity contribution < 1.29 is 0 Å². The van der Waals surface area contributed by atoms with Crippen molar-refractivity contribution in [3.05, 3.63) is 154 Å². The zero-order valence-corrected chi connectivity index (χ0v) is 22.0. The average molecular weight is 485 g/mol. The molecule has 38 heavy (non-hydrogen) atoms. The molecule has 0 unspecified atom stereocenters. The van der Waals surface area contributed by atoms with Crippen LogP contribution in [-0.2, 0) is 0 Å². The Kier molecular flexibility index (Phi) is 4.44. The molecular formula is C38H28. The van der Waals surface area contributed by atoms with Crippen LogP contribution < -0.4 is 0 Å². The summed E-state index contributed by atoms with van der Waals surface area (Å²) in [7, 11) is 0. The van der Waals surface area contributed by atoms with Crippen molar-refractivity contribution in [1.29, 1.82) is 0 Å². The first-order valence-corrected chi connectivity index (χ1v) is 13.6. The summed E-state index contributed by atoms with van der Waals surface area (Å²) in [6.07, 6.45) is 0. The summed E-state index contributed by atoms with van der Waals surface area (Å²) in [6.45, 7) is 7.03. The van der Waals surface area contributed by atoms with Crippen LogP contribution in [-0.4, -0.2) is 0 Å². The second kappa shape index (κ2) is 7.79. The van der Waals surface area contributed by atoms with Crippen LogP contribution in [0, 0.1) is 19.8 Å². The molecule has 5 aromatic rings. The first-order chi connectivity index (χ1) is 18.6. The number of allylic oxidation sites excluding steroid dienone is 2. The van der Waals surface area contributed by atoms with Gasteiger partial charge in [-0.1, -0.05) is 116 Å². The smallest absolute Gasteiger partial charge is 0.00862 e. The highest BCUT2D eigenvalue weighted by Crippen LogP contribution is 2.60. The Balaban J connectivity index is 1.55. The second-order valence-corrected chi connectivity index (χ2v) is 10.9. The monoisotopic (exact) mass is 484 g/mol. The molecular weight excluding hydrogens is 456 g/mol. The third-order valence-electron chi connectivity index (χ3n) is 8.93. The van der Waals surface area contributed by atoms with Gasteiger partial charge in [-0.3, -0.25) is 0 Å². The average Bonchev–Trinajstić information content (AvgIpc) is 3.56. The summed E-state index contributed by atoms with van der Waals surface area (Å²) >= 11 is 0. The summed E-state index contributed by atoms with van der Waals surface area (Å²) in [6, 6.07) is 40.5. The molecule has 0 saturated heterocycles. The first-order valence-electron chi connectivity index (χ1n) is 13.6. The van der Waals surface area contributed by atoms with E-state index in [1.54, 1.807) is 0 Å². The Morgan fingerprint density at radius 1 is 0.368 bits per heavy atom. The molecule has 0 nitrogen and oxygen atoms in total. The lowest BCUT2D eigenvalue weighted by Gasteiger charge is -2.17. The Morgan fingerprint density at radius 3 is 0.921 bits per heavy atom. The molecule has 5 aromatic carbocycles. The van der Waals surface area contributed by atoms with E-state index in [9.17, 15) is 0 Å². The van der Waals surface area contributed by atoms with Crippen LogP contribution in [0.15, 0.2) is 109 Å². The molecule has 180 valence electrons. The topological polar surface area (TPSA) is 0 Å². The zero-order valence-electron chi connectivity index (χ0n) is 22.0. The fraction of sp³-hybridized carbons (Fsp3) is 0.105. The molecule has 0 heteroatoms. The molecule has 0 amide bonds.